The van der Waals surface area contributed by atoms with Crippen LogP contribution in [0.4, 0.5) is 0 Å². The Kier molecular flexibility index (Phi) is 8.57. The number of esters is 1. The van der Waals surface area contributed by atoms with Gasteiger partial charge in [0.15, 0.2) is 11.0 Å². The first-order valence-electron chi connectivity index (χ1n) is 13.8. The predicted molar refractivity (Wildman–Crippen MR) is 144 cm³/mol. The van der Waals surface area contributed by atoms with Crippen molar-refractivity contribution in [2.75, 3.05) is 12.7 Å². The summed E-state index contributed by atoms with van der Waals surface area (Å²) in [4.78, 5) is 26.9. The second-order valence-electron chi connectivity index (χ2n) is 10.1. The van der Waals surface area contributed by atoms with Gasteiger partial charge in [-0.15, -0.1) is 0 Å². The number of hydrogen-bond acceptors (Lipinski definition) is 10. The van der Waals surface area contributed by atoms with Gasteiger partial charge in [0.2, 0.25) is 0 Å². The second kappa shape index (κ2) is 12.4. The van der Waals surface area contributed by atoms with E-state index in [0.717, 1.165) is 42.7 Å². The molecule has 0 bridgehead atoms. The van der Waals surface area contributed by atoms with E-state index in [4.69, 9.17) is 33.5 Å². The van der Waals surface area contributed by atoms with E-state index in [-0.39, 0.29) is 16.6 Å². The average Bonchev–Trinajstić information content (AvgIpc) is 3.14. The number of hydrogen-bond donors (Lipinski definition) is 3. The molecule has 0 radical (unpaired) electrons. The van der Waals surface area contributed by atoms with Crippen LogP contribution in [0, 0.1) is 10.7 Å². The number of rotatable bonds is 10. The van der Waals surface area contributed by atoms with Gasteiger partial charge in [0.05, 0.1) is 21.4 Å². The second-order valence-corrected chi connectivity index (χ2v) is 12.4. The zero-order valence-corrected chi connectivity index (χ0v) is 23.4. The summed E-state index contributed by atoms with van der Waals surface area (Å²) in [5.41, 5.74) is -2.62. The zero-order valence-electron chi connectivity index (χ0n) is 23.7. The highest BCUT2D eigenvalue weighted by molar-refractivity contribution is 7.71. The van der Waals surface area contributed by atoms with E-state index in [1.54, 1.807) is 18.2 Å². The third-order valence-electron chi connectivity index (χ3n) is 6.80. The summed E-state index contributed by atoms with van der Waals surface area (Å²) < 4.78 is 54.9. The number of aromatic amines is 1. The number of aromatic nitrogens is 2. The third-order valence-corrected chi connectivity index (χ3v) is 8.98. The molecule has 4 rings (SSSR count). The van der Waals surface area contributed by atoms with Crippen molar-refractivity contribution >= 4 is 25.8 Å². The molecule has 2 heterocycles. The van der Waals surface area contributed by atoms with Gasteiger partial charge in [0.25, 0.3) is 5.56 Å². The number of H-pyrrole nitrogens is 1. The first-order chi connectivity index (χ1) is 19.2. The van der Waals surface area contributed by atoms with E-state index in [1.807, 2.05) is 0 Å². The van der Waals surface area contributed by atoms with Gasteiger partial charge in [-0.25, -0.2) is 4.57 Å². The summed E-state index contributed by atoms with van der Waals surface area (Å²) in [7, 11) is -4.48. The van der Waals surface area contributed by atoms with Crippen LogP contribution in [0.15, 0.2) is 47.4 Å². The fraction of sp³-hybridized carbons (Fsp3) is 0.577. The maximum Gasteiger partial charge on any atom is 0.380 e. The van der Waals surface area contributed by atoms with E-state index < -0.39 is 61.8 Å². The summed E-state index contributed by atoms with van der Waals surface area (Å²) >= 11 is 5.14. The Morgan fingerprint density at radius 3 is 2.67 bits per heavy atom. The molecule has 0 amide bonds. The average molecular weight is 585 g/mol. The van der Waals surface area contributed by atoms with Crippen LogP contribution < -0.4 is 10.1 Å². The van der Waals surface area contributed by atoms with Crippen LogP contribution in [0.2, 0.25) is 0 Å². The van der Waals surface area contributed by atoms with Gasteiger partial charge in [-0.1, -0.05) is 31.5 Å². The maximum absolute atomic E-state index is 14.1. The minimum Gasteiger partial charge on any atom is -0.462 e. The molecule has 3 N–H and O–H groups in total. The van der Waals surface area contributed by atoms with Gasteiger partial charge in [0, 0.05) is 12.3 Å². The lowest BCUT2D eigenvalue weighted by Gasteiger charge is -2.28. The smallest absolute Gasteiger partial charge is 0.380 e. The molecule has 6 atom stereocenters. The largest absolute Gasteiger partial charge is 0.462 e. The first-order valence-corrected chi connectivity index (χ1v) is 15.0. The number of nitrogens with zero attached hydrogens (tertiary/aromatic N) is 1. The summed E-state index contributed by atoms with van der Waals surface area (Å²) in [6.07, 6.45) is -0.289. The van der Waals surface area contributed by atoms with Crippen molar-refractivity contribution in [3.05, 3.63) is 57.7 Å². The van der Waals surface area contributed by atoms with E-state index in [2.05, 4.69) is 4.98 Å². The lowest BCUT2D eigenvalue weighted by Crippen LogP contribution is -2.44. The molecule has 2 fully saturated rings. The minimum atomic E-state index is -4.48. The van der Waals surface area contributed by atoms with Crippen LogP contribution in [-0.2, 0) is 23.4 Å². The number of carbonyl (C=O) groups excluding carboxylic acids is 1. The fourth-order valence-corrected chi connectivity index (χ4v) is 6.57. The van der Waals surface area contributed by atoms with E-state index in [9.17, 15) is 24.4 Å². The Balaban J connectivity index is 1.58. The molecule has 1 aliphatic carbocycles. The van der Waals surface area contributed by atoms with Crippen molar-refractivity contribution in [3.8, 4) is 5.75 Å². The van der Waals surface area contributed by atoms with Crippen LogP contribution in [0.5, 0.6) is 5.75 Å². The Morgan fingerprint density at radius 2 is 2.00 bits per heavy atom. The molecule has 1 saturated carbocycles. The Morgan fingerprint density at radius 1 is 1.31 bits per heavy atom. The number of para-hydroxylation sites is 1. The number of benzene rings is 1. The topological polar surface area (TPSA) is 149 Å². The predicted octanol–water partition coefficient (Wildman–Crippen LogP) is 3.72. The quantitative estimate of drug-likeness (QED) is 0.214. The van der Waals surface area contributed by atoms with Gasteiger partial charge in [-0.05, 0) is 57.0 Å². The number of carbonyl (C=O) groups is 1. The molecule has 1 aromatic heterocycles. The summed E-state index contributed by atoms with van der Waals surface area (Å²) in [6, 6.07) is 9.06. The van der Waals surface area contributed by atoms with Crippen LogP contribution in [0.1, 0.15) is 54.9 Å². The molecule has 1 aliphatic heterocycles. The minimum absolute atomic E-state index is 0.108. The molecule has 1 unspecified atom stereocenters. The SMILES string of the molecule is [2H]C([2H])(O[P@@](=O)(C[C@@H](C)C(=O)OC1CCCCC1)Oc1ccccc1)[C@H]1O[C@@H](n2ccc(=O)[nH]c2=S)C(C)(O)[C@H]1O. The van der Waals surface area contributed by atoms with Gasteiger partial charge < -0.3 is 24.2 Å². The van der Waals surface area contributed by atoms with Crippen LogP contribution in [-0.4, -0.2) is 62.4 Å². The Labute approximate surface area is 234 Å². The molecule has 2 aliphatic rings. The fourth-order valence-electron chi connectivity index (χ4n) is 4.60. The van der Waals surface area contributed by atoms with Crippen LogP contribution in [0.25, 0.3) is 0 Å². The van der Waals surface area contributed by atoms with Gasteiger partial charge in [0.1, 0.15) is 29.7 Å². The lowest BCUT2D eigenvalue weighted by atomic mass is 9.96. The number of aliphatic hydroxyl groups is 2. The third kappa shape index (κ3) is 7.25. The number of ether oxygens (including phenoxy) is 2. The number of aliphatic hydroxyl groups excluding tert-OH is 1. The number of nitrogens with one attached hydrogen (secondary N) is 1. The Hall–Kier alpha value is -2.34. The lowest BCUT2D eigenvalue weighted by molar-refractivity contribution is -0.154. The van der Waals surface area contributed by atoms with Crippen molar-refractivity contribution in [1.82, 2.24) is 9.55 Å². The van der Waals surface area contributed by atoms with Crippen LogP contribution in [0.3, 0.4) is 0 Å². The molecule has 39 heavy (non-hydrogen) atoms. The van der Waals surface area contributed by atoms with Crippen molar-refractivity contribution in [3.63, 3.8) is 0 Å². The zero-order chi connectivity index (χ0) is 30.0. The van der Waals surface area contributed by atoms with E-state index in [1.165, 1.54) is 32.2 Å². The molecule has 214 valence electrons. The van der Waals surface area contributed by atoms with E-state index in [0.29, 0.717) is 0 Å². The highest BCUT2D eigenvalue weighted by Gasteiger charge is 2.53. The van der Waals surface area contributed by atoms with Crippen molar-refractivity contribution in [2.24, 2.45) is 5.92 Å². The molecule has 2 aromatic rings. The normalized spacial score (nSPS) is 29.1. The van der Waals surface area contributed by atoms with Crippen molar-refractivity contribution < 1.29 is 40.8 Å². The van der Waals surface area contributed by atoms with Gasteiger partial charge in [-0.3, -0.25) is 23.7 Å². The molecule has 0 spiro atoms. The van der Waals surface area contributed by atoms with E-state index >= 15 is 0 Å². The van der Waals surface area contributed by atoms with Crippen LogP contribution >= 0.6 is 19.8 Å². The monoisotopic (exact) mass is 584 g/mol. The first kappa shape index (κ1) is 26.9. The highest BCUT2D eigenvalue weighted by Crippen LogP contribution is 2.51. The molecule has 11 nitrogen and oxygen atoms in total. The molecule has 13 heteroatoms. The standard InChI is InChI=1S/C26H35N2O9PS/c1-17(23(31)35-18-9-5-3-6-10-18)16-38(33,37-19-11-7-4-8-12-19)34-15-20-22(30)26(2,32)24(36-20)28-14-13-21(29)27-25(28)39/h4,7-8,11-14,17-18,20,22,24,30,32H,3,5-6,9-10,15-16H2,1-2H3,(H,27,29,39)/t17-,20-,22+,24-,26?,38+/m1/s1/i15D2. The van der Waals surface area contributed by atoms with Gasteiger partial charge >= 0.3 is 13.6 Å². The van der Waals surface area contributed by atoms with Gasteiger partial charge in [-0.2, -0.15) is 0 Å². The highest BCUT2D eigenvalue weighted by atomic mass is 32.1. The maximum atomic E-state index is 14.1. The molecule has 1 saturated heterocycles. The summed E-state index contributed by atoms with van der Waals surface area (Å²) in [5.74, 6) is -1.48. The van der Waals surface area contributed by atoms with Crippen molar-refractivity contribution in [2.45, 2.75) is 76.1 Å². The Bertz CT molecular complexity index is 1380. The summed E-state index contributed by atoms with van der Waals surface area (Å²) in [5, 5.41) is 22.0. The van der Waals surface area contributed by atoms with Crippen molar-refractivity contribution in [1.29, 1.82) is 0 Å². The molecule has 1 aromatic carbocycles. The molecular weight excluding hydrogens is 547 g/mol. The summed E-state index contributed by atoms with van der Waals surface area (Å²) in [6.45, 7) is -0.306. The molecular formula is C26H35N2O9PS.